The van der Waals surface area contributed by atoms with Gasteiger partial charge in [-0.2, -0.15) is 0 Å². The molecule has 142 valence electrons. The molecule has 0 unspecified atom stereocenters. The molecule has 0 radical (unpaired) electrons. The molecule has 5 nitrogen and oxygen atoms in total. The molecule has 3 rings (SSSR count). The standard InChI is InChI=1S/C21H23FN2O3/c1-2-16-7-9-17(10-8-16)21(26)24-13-11-23(12-14-24)20(25)15-27-19-6-4-3-5-18(19)22/h3-10H,2,11-15H2,1H3. The topological polar surface area (TPSA) is 49.9 Å². The summed E-state index contributed by atoms with van der Waals surface area (Å²) in [5, 5.41) is 0. The van der Waals surface area contributed by atoms with Crippen molar-refractivity contribution < 1.29 is 18.7 Å². The van der Waals surface area contributed by atoms with Crippen LogP contribution in [-0.4, -0.2) is 54.4 Å². The summed E-state index contributed by atoms with van der Waals surface area (Å²) in [6.45, 7) is 3.69. The number of amides is 2. The van der Waals surface area contributed by atoms with Crippen LogP contribution in [0.2, 0.25) is 0 Å². The third-order valence-electron chi connectivity index (χ3n) is 4.72. The van der Waals surface area contributed by atoms with Crippen LogP contribution in [0.25, 0.3) is 0 Å². The molecule has 1 heterocycles. The van der Waals surface area contributed by atoms with Gasteiger partial charge in [0, 0.05) is 31.7 Å². The Balaban J connectivity index is 1.49. The van der Waals surface area contributed by atoms with E-state index < -0.39 is 5.82 Å². The largest absolute Gasteiger partial charge is 0.481 e. The van der Waals surface area contributed by atoms with Gasteiger partial charge in [0.25, 0.3) is 11.8 Å². The minimum Gasteiger partial charge on any atom is -0.481 e. The van der Waals surface area contributed by atoms with Crippen LogP contribution in [0.5, 0.6) is 5.75 Å². The highest BCUT2D eigenvalue weighted by Gasteiger charge is 2.25. The summed E-state index contributed by atoms with van der Waals surface area (Å²) < 4.78 is 18.8. The molecule has 0 aromatic heterocycles. The van der Waals surface area contributed by atoms with Crippen molar-refractivity contribution in [3.05, 3.63) is 65.5 Å². The second kappa shape index (κ2) is 8.66. The Morgan fingerprint density at radius 2 is 1.59 bits per heavy atom. The molecule has 0 saturated carbocycles. The molecule has 0 spiro atoms. The number of carbonyl (C=O) groups is 2. The molecular formula is C21H23FN2O3. The maximum Gasteiger partial charge on any atom is 0.260 e. The zero-order valence-corrected chi connectivity index (χ0v) is 15.4. The Hall–Kier alpha value is -2.89. The highest BCUT2D eigenvalue weighted by atomic mass is 19.1. The minimum absolute atomic E-state index is 0.0210. The van der Waals surface area contributed by atoms with Crippen molar-refractivity contribution in [3.63, 3.8) is 0 Å². The molecule has 0 bridgehead atoms. The van der Waals surface area contributed by atoms with Crippen LogP contribution in [0.3, 0.4) is 0 Å². The average molecular weight is 370 g/mol. The van der Waals surface area contributed by atoms with Crippen molar-refractivity contribution in [2.24, 2.45) is 0 Å². The van der Waals surface area contributed by atoms with Gasteiger partial charge in [0.15, 0.2) is 18.2 Å². The van der Waals surface area contributed by atoms with Gasteiger partial charge in [-0.1, -0.05) is 31.2 Å². The van der Waals surface area contributed by atoms with Crippen LogP contribution >= 0.6 is 0 Å². The fourth-order valence-electron chi connectivity index (χ4n) is 3.02. The maximum atomic E-state index is 13.5. The van der Waals surface area contributed by atoms with Crippen molar-refractivity contribution in [1.29, 1.82) is 0 Å². The van der Waals surface area contributed by atoms with Crippen LogP contribution in [0.15, 0.2) is 48.5 Å². The number of carbonyl (C=O) groups excluding carboxylic acids is 2. The first-order valence-electron chi connectivity index (χ1n) is 9.12. The van der Waals surface area contributed by atoms with Gasteiger partial charge in [-0.15, -0.1) is 0 Å². The zero-order valence-electron chi connectivity index (χ0n) is 15.4. The number of nitrogens with zero attached hydrogens (tertiary/aromatic N) is 2. The molecule has 2 aromatic rings. The number of hydrogen-bond acceptors (Lipinski definition) is 3. The first-order chi connectivity index (χ1) is 13.1. The van der Waals surface area contributed by atoms with Crippen molar-refractivity contribution in [2.45, 2.75) is 13.3 Å². The Labute approximate surface area is 158 Å². The quantitative estimate of drug-likeness (QED) is 0.813. The third kappa shape index (κ3) is 4.64. The number of piperazine rings is 1. The summed E-state index contributed by atoms with van der Waals surface area (Å²) in [4.78, 5) is 28.3. The lowest BCUT2D eigenvalue weighted by Crippen LogP contribution is -2.51. The molecule has 0 atom stereocenters. The summed E-state index contributed by atoms with van der Waals surface area (Å²) in [7, 11) is 0. The van der Waals surface area contributed by atoms with Crippen molar-refractivity contribution in [1.82, 2.24) is 9.80 Å². The number of aryl methyl sites for hydroxylation is 1. The third-order valence-corrected chi connectivity index (χ3v) is 4.72. The molecule has 27 heavy (non-hydrogen) atoms. The minimum atomic E-state index is -0.491. The summed E-state index contributed by atoms with van der Waals surface area (Å²) >= 11 is 0. The monoisotopic (exact) mass is 370 g/mol. The van der Waals surface area contributed by atoms with Crippen molar-refractivity contribution in [2.75, 3.05) is 32.8 Å². The predicted octanol–water partition coefficient (Wildman–Crippen LogP) is 2.75. The fourth-order valence-corrected chi connectivity index (χ4v) is 3.02. The van der Waals surface area contributed by atoms with Gasteiger partial charge in [0.05, 0.1) is 0 Å². The van der Waals surface area contributed by atoms with Crippen LogP contribution in [0.1, 0.15) is 22.8 Å². The molecule has 6 heteroatoms. The molecule has 2 amide bonds. The van der Waals surface area contributed by atoms with Crippen molar-refractivity contribution >= 4 is 11.8 Å². The van der Waals surface area contributed by atoms with E-state index in [1.165, 1.54) is 17.7 Å². The van der Waals surface area contributed by atoms with E-state index in [1.807, 2.05) is 24.3 Å². The second-order valence-corrected chi connectivity index (χ2v) is 6.44. The molecule has 0 N–H and O–H groups in total. The first-order valence-corrected chi connectivity index (χ1v) is 9.12. The number of para-hydroxylation sites is 1. The van der Waals surface area contributed by atoms with E-state index in [2.05, 4.69) is 6.92 Å². The SMILES string of the molecule is CCc1ccc(C(=O)N2CCN(C(=O)COc3ccccc3F)CC2)cc1. The van der Waals surface area contributed by atoms with E-state index in [9.17, 15) is 14.0 Å². The highest BCUT2D eigenvalue weighted by molar-refractivity contribution is 5.94. The average Bonchev–Trinajstić information content (AvgIpc) is 2.72. The molecule has 1 saturated heterocycles. The number of halogens is 1. The van der Waals surface area contributed by atoms with Gasteiger partial charge >= 0.3 is 0 Å². The van der Waals surface area contributed by atoms with Gasteiger partial charge in [0.2, 0.25) is 0 Å². The Morgan fingerprint density at radius 1 is 0.963 bits per heavy atom. The number of benzene rings is 2. The van der Waals surface area contributed by atoms with E-state index in [-0.39, 0.29) is 24.2 Å². The van der Waals surface area contributed by atoms with Gasteiger partial charge in [-0.25, -0.2) is 4.39 Å². The molecule has 0 aliphatic carbocycles. The van der Waals surface area contributed by atoms with Crippen molar-refractivity contribution in [3.8, 4) is 5.75 Å². The Kier molecular flexibility index (Phi) is 6.06. The number of hydrogen-bond donors (Lipinski definition) is 0. The summed E-state index contributed by atoms with van der Waals surface area (Å²) in [5.41, 5.74) is 1.85. The smallest absolute Gasteiger partial charge is 0.260 e. The Morgan fingerprint density at radius 3 is 2.22 bits per heavy atom. The van der Waals surface area contributed by atoms with Gasteiger partial charge in [-0.3, -0.25) is 9.59 Å². The van der Waals surface area contributed by atoms with Crippen LogP contribution in [0.4, 0.5) is 4.39 Å². The lowest BCUT2D eigenvalue weighted by molar-refractivity contribution is -0.134. The summed E-state index contributed by atoms with van der Waals surface area (Å²) in [6, 6.07) is 13.6. The predicted molar refractivity (Wildman–Crippen MR) is 100 cm³/mol. The van der Waals surface area contributed by atoms with E-state index in [1.54, 1.807) is 21.9 Å². The van der Waals surface area contributed by atoms with E-state index in [0.717, 1.165) is 6.42 Å². The lowest BCUT2D eigenvalue weighted by Gasteiger charge is -2.34. The zero-order chi connectivity index (χ0) is 19.2. The molecular weight excluding hydrogens is 347 g/mol. The van der Waals surface area contributed by atoms with E-state index in [4.69, 9.17) is 4.74 Å². The van der Waals surface area contributed by atoms with Crippen LogP contribution in [-0.2, 0) is 11.2 Å². The van der Waals surface area contributed by atoms with Crippen LogP contribution in [0, 0.1) is 5.82 Å². The highest BCUT2D eigenvalue weighted by Crippen LogP contribution is 2.16. The maximum absolute atomic E-state index is 13.5. The lowest BCUT2D eigenvalue weighted by atomic mass is 10.1. The number of rotatable bonds is 5. The second-order valence-electron chi connectivity index (χ2n) is 6.44. The summed E-state index contributed by atoms with van der Waals surface area (Å²) in [6.07, 6.45) is 0.935. The summed E-state index contributed by atoms with van der Waals surface area (Å²) in [5.74, 6) is -0.657. The fraction of sp³-hybridized carbons (Fsp3) is 0.333. The molecule has 1 fully saturated rings. The van der Waals surface area contributed by atoms with Gasteiger partial charge < -0.3 is 14.5 Å². The Bertz CT molecular complexity index is 799. The molecule has 1 aliphatic rings. The molecule has 2 aromatic carbocycles. The first kappa shape index (κ1) is 18.9. The van der Waals surface area contributed by atoms with Gasteiger partial charge in [-0.05, 0) is 36.2 Å². The van der Waals surface area contributed by atoms with E-state index >= 15 is 0 Å². The van der Waals surface area contributed by atoms with Gasteiger partial charge in [0.1, 0.15) is 0 Å². The normalized spacial score (nSPS) is 14.1. The van der Waals surface area contributed by atoms with E-state index in [0.29, 0.717) is 31.7 Å². The molecule has 1 aliphatic heterocycles. The van der Waals surface area contributed by atoms with Crippen LogP contribution < -0.4 is 4.74 Å². The number of ether oxygens (including phenoxy) is 1.